The lowest BCUT2D eigenvalue weighted by Gasteiger charge is -2.04. The highest BCUT2D eigenvalue weighted by Gasteiger charge is 2.15. The number of aliphatic hydroxyl groups is 1. The minimum atomic E-state index is 0.0738. The maximum atomic E-state index is 8.95. The second kappa shape index (κ2) is 4.29. The van der Waals surface area contributed by atoms with Gasteiger partial charge in [-0.1, -0.05) is 24.3 Å². The van der Waals surface area contributed by atoms with Crippen LogP contribution >= 0.6 is 0 Å². The van der Waals surface area contributed by atoms with Gasteiger partial charge in [0.25, 0.3) is 0 Å². The molecular formula is C13H13NO. The molecular weight excluding hydrogens is 186 g/mol. The van der Waals surface area contributed by atoms with E-state index in [1.165, 1.54) is 5.57 Å². The fraction of sp³-hybridized carbons (Fsp3) is 0.308. The lowest BCUT2D eigenvalue weighted by atomic mass is 10.0. The van der Waals surface area contributed by atoms with Crippen molar-refractivity contribution in [2.24, 2.45) is 0 Å². The highest BCUT2D eigenvalue weighted by molar-refractivity contribution is 5.73. The molecule has 0 heterocycles. The topological polar surface area (TPSA) is 44.0 Å². The Bertz CT molecular complexity index is 423. The molecule has 1 aromatic carbocycles. The molecule has 2 heteroatoms. The third kappa shape index (κ3) is 1.93. The van der Waals surface area contributed by atoms with E-state index in [9.17, 15) is 0 Å². The van der Waals surface area contributed by atoms with Gasteiger partial charge in [-0.25, -0.2) is 0 Å². The third-order valence-electron chi connectivity index (χ3n) is 2.84. The second-order valence-corrected chi connectivity index (χ2v) is 3.78. The lowest BCUT2D eigenvalue weighted by molar-refractivity contribution is 0.282. The summed E-state index contributed by atoms with van der Waals surface area (Å²) >= 11 is 0. The van der Waals surface area contributed by atoms with E-state index in [1.807, 2.05) is 24.3 Å². The number of benzene rings is 1. The summed E-state index contributed by atoms with van der Waals surface area (Å²) in [5, 5.41) is 17.9. The van der Waals surface area contributed by atoms with Crippen LogP contribution in [0.25, 0.3) is 5.57 Å². The number of rotatable bonds is 2. The zero-order valence-electron chi connectivity index (χ0n) is 8.53. The maximum absolute atomic E-state index is 8.95. The van der Waals surface area contributed by atoms with Crippen LogP contribution in [0.2, 0.25) is 0 Å². The fourth-order valence-corrected chi connectivity index (χ4v) is 2.00. The van der Waals surface area contributed by atoms with Gasteiger partial charge >= 0.3 is 0 Å². The minimum Gasteiger partial charge on any atom is -0.392 e. The van der Waals surface area contributed by atoms with Crippen molar-refractivity contribution in [3.05, 3.63) is 41.0 Å². The first-order chi connectivity index (χ1) is 7.35. The van der Waals surface area contributed by atoms with E-state index in [0.717, 1.165) is 36.0 Å². The molecule has 0 amide bonds. The van der Waals surface area contributed by atoms with Gasteiger partial charge in [0.2, 0.25) is 0 Å². The van der Waals surface area contributed by atoms with Crippen LogP contribution in [0.4, 0.5) is 0 Å². The smallest absolute Gasteiger partial charge is 0.0950 e. The van der Waals surface area contributed by atoms with Gasteiger partial charge in [-0.05, 0) is 36.0 Å². The van der Waals surface area contributed by atoms with E-state index in [0.29, 0.717) is 0 Å². The summed E-state index contributed by atoms with van der Waals surface area (Å²) in [6.07, 6.45) is 2.99. The van der Waals surface area contributed by atoms with Crippen LogP contribution in [0.1, 0.15) is 30.4 Å². The molecule has 0 radical (unpaired) electrons. The standard InChI is InChI=1S/C13H13NO/c14-8-12-2-1-3-13(12)11-6-4-10(9-15)5-7-11/h4-7,15H,1-3,9H2. The number of nitriles is 1. The summed E-state index contributed by atoms with van der Waals surface area (Å²) in [4.78, 5) is 0. The quantitative estimate of drug-likeness (QED) is 0.795. The largest absolute Gasteiger partial charge is 0.392 e. The first kappa shape index (κ1) is 9.95. The van der Waals surface area contributed by atoms with Gasteiger partial charge in [0, 0.05) is 5.57 Å². The fourth-order valence-electron chi connectivity index (χ4n) is 2.00. The zero-order valence-corrected chi connectivity index (χ0v) is 8.53. The van der Waals surface area contributed by atoms with E-state index < -0.39 is 0 Å². The molecule has 2 rings (SSSR count). The van der Waals surface area contributed by atoms with E-state index in [4.69, 9.17) is 10.4 Å². The molecule has 0 aromatic heterocycles. The maximum Gasteiger partial charge on any atom is 0.0950 e. The molecule has 0 fully saturated rings. The Labute approximate surface area is 89.5 Å². The zero-order chi connectivity index (χ0) is 10.7. The monoisotopic (exact) mass is 199 g/mol. The van der Waals surface area contributed by atoms with Crippen molar-refractivity contribution < 1.29 is 5.11 Å². The van der Waals surface area contributed by atoms with Crippen LogP contribution in [-0.2, 0) is 6.61 Å². The molecule has 1 aliphatic rings. The molecule has 1 N–H and O–H groups in total. The van der Waals surface area contributed by atoms with Crippen molar-refractivity contribution >= 4 is 5.57 Å². The Morgan fingerprint density at radius 1 is 1.20 bits per heavy atom. The van der Waals surface area contributed by atoms with Crippen molar-refractivity contribution in [3.8, 4) is 6.07 Å². The summed E-state index contributed by atoms with van der Waals surface area (Å²) in [6.45, 7) is 0.0738. The molecule has 0 unspecified atom stereocenters. The molecule has 1 aromatic rings. The van der Waals surface area contributed by atoms with Gasteiger partial charge < -0.3 is 5.11 Å². The number of hydrogen-bond acceptors (Lipinski definition) is 2. The molecule has 2 nitrogen and oxygen atoms in total. The summed E-state index contributed by atoms with van der Waals surface area (Å²) in [5.41, 5.74) is 4.14. The SMILES string of the molecule is N#CC1=C(c2ccc(CO)cc2)CCC1. The molecule has 76 valence electrons. The number of aliphatic hydroxyl groups excluding tert-OH is 1. The van der Waals surface area contributed by atoms with Crippen LogP contribution in [0.5, 0.6) is 0 Å². The Morgan fingerprint density at radius 3 is 2.53 bits per heavy atom. The molecule has 0 saturated carbocycles. The van der Waals surface area contributed by atoms with Crippen LogP contribution in [0, 0.1) is 11.3 Å². The van der Waals surface area contributed by atoms with E-state index in [-0.39, 0.29) is 6.61 Å². The molecule has 0 bridgehead atoms. The van der Waals surface area contributed by atoms with Crippen LogP contribution in [0.15, 0.2) is 29.8 Å². The van der Waals surface area contributed by atoms with Gasteiger partial charge in [0.15, 0.2) is 0 Å². The van der Waals surface area contributed by atoms with Gasteiger partial charge in [-0.3, -0.25) is 0 Å². The molecule has 0 saturated heterocycles. The summed E-state index contributed by atoms with van der Waals surface area (Å²) < 4.78 is 0. The highest BCUT2D eigenvalue weighted by Crippen LogP contribution is 2.33. The molecule has 0 aliphatic heterocycles. The van der Waals surface area contributed by atoms with Gasteiger partial charge in [0.1, 0.15) is 0 Å². The number of nitrogens with zero attached hydrogens (tertiary/aromatic N) is 1. The van der Waals surface area contributed by atoms with Crippen molar-refractivity contribution in [2.75, 3.05) is 0 Å². The van der Waals surface area contributed by atoms with Gasteiger partial charge in [0.05, 0.1) is 12.7 Å². The Kier molecular flexibility index (Phi) is 2.84. The van der Waals surface area contributed by atoms with Crippen LogP contribution < -0.4 is 0 Å². The van der Waals surface area contributed by atoms with E-state index in [1.54, 1.807) is 0 Å². The minimum absolute atomic E-state index is 0.0738. The second-order valence-electron chi connectivity index (χ2n) is 3.78. The van der Waals surface area contributed by atoms with E-state index in [2.05, 4.69) is 6.07 Å². The van der Waals surface area contributed by atoms with Crippen molar-refractivity contribution in [1.29, 1.82) is 5.26 Å². The molecule has 15 heavy (non-hydrogen) atoms. The number of hydrogen-bond donors (Lipinski definition) is 1. The normalized spacial score (nSPS) is 15.5. The van der Waals surface area contributed by atoms with Crippen molar-refractivity contribution in [3.63, 3.8) is 0 Å². The predicted octanol–water partition coefficient (Wildman–Crippen LogP) is 2.64. The Balaban J connectivity index is 2.34. The van der Waals surface area contributed by atoms with Gasteiger partial charge in [-0.15, -0.1) is 0 Å². The molecule has 1 aliphatic carbocycles. The predicted molar refractivity (Wildman–Crippen MR) is 58.7 cm³/mol. The summed E-state index contributed by atoms with van der Waals surface area (Å²) in [7, 11) is 0. The Hall–Kier alpha value is -1.59. The van der Waals surface area contributed by atoms with Gasteiger partial charge in [-0.2, -0.15) is 5.26 Å². The van der Waals surface area contributed by atoms with E-state index >= 15 is 0 Å². The van der Waals surface area contributed by atoms with Crippen molar-refractivity contribution in [2.45, 2.75) is 25.9 Å². The third-order valence-corrected chi connectivity index (χ3v) is 2.84. The van der Waals surface area contributed by atoms with Crippen LogP contribution in [-0.4, -0.2) is 5.11 Å². The van der Waals surface area contributed by atoms with Crippen molar-refractivity contribution in [1.82, 2.24) is 0 Å². The average Bonchev–Trinajstić information content (AvgIpc) is 2.77. The lowest BCUT2D eigenvalue weighted by Crippen LogP contribution is -1.86. The summed E-state index contributed by atoms with van der Waals surface area (Å²) in [6, 6.07) is 10.1. The highest BCUT2D eigenvalue weighted by atomic mass is 16.3. The Morgan fingerprint density at radius 2 is 1.93 bits per heavy atom. The molecule has 0 spiro atoms. The first-order valence-corrected chi connectivity index (χ1v) is 5.17. The average molecular weight is 199 g/mol. The number of allylic oxidation sites excluding steroid dienone is 2. The first-order valence-electron chi connectivity index (χ1n) is 5.17. The summed E-state index contributed by atoms with van der Waals surface area (Å²) in [5.74, 6) is 0. The van der Waals surface area contributed by atoms with Crippen LogP contribution in [0.3, 0.4) is 0 Å². The molecule has 0 atom stereocenters.